The minimum absolute atomic E-state index is 0.673. The van der Waals surface area contributed by atoms with Crippen LogP contribution in [0.5, 0.6) is 0 Å². The van der Waals surface area contributed by atoms with Gasteiger partial charge in [0.15, 0.2) is 0 Å². The van der Waals surface area contributed by atoms with Gasteiger partial charge in [0.05, 0.1) is 0 Å². The van der Waals surface area contributed by atoms with Crippen molar-refractivity contribution < 1.29 is 4.42 Å². The minimum Gasteiger partial charge on any atom is -0.438 e. The molecular weight excluding hydrogens is 522 g/mol. The molecule has 43 heavy (non-hydrogen) atoms. The number of pyridine rings is 1. The molecule has 0 radical (unpaired) electrons. The number of aromatic nitrogens is 1. The molecule has 2 nitrogen and oxygen atoms in total. The van der Waals surface area contributed by atoms with Crippen molar-refractivity contribution in [2.45, 2.75) is 0 Å². The van der Waals surface area contributed by atoms with Crippen LogP contribution >= 0.6 is 0 Å². The fraction of sp³-hybridized carbons (Fsp3) is 0. The van der Waals surface area contributed by atoms with E-state index in [1.54, 1.807) is 6.20 Å². The van der Waals surface area contributed by atoms with Crippen LogP contribution in [0, 0.1) is 0 Å². The Balaban J connectivity index is 1.29. The highest BCUT2D eigenvalue weighted by molar-refractivity contribution is 6.08. The van der Waals surface area contributed by atoms with E-state index in [2.05, 4.69) is 145 Å². The van der Waals surface area contributed by atoms with Crippen molar-refractivity contribution in [3.63, 3.8) is 0 Å². The molecule has 9 rings (SSSR count). The summed E-state index contributed by atoms with van der Waals surface area (Å²) < 4.78 is 6.00. The van der Waals surface area contributed by atoms with Gasteiger partial charge in [0.2, 0.25) is 5.71 Å². The summed E-state index contributed by atoms with van der Waals surface area (Å²) >= 11 is 0. The lowest BCUT2D eigenvalue weighted by Crippen LogP contribution is -1.98. The van der Waals surface area contributed by atoms with Gasteiger partial charge in [-0.15, -0.1) is 0 Å². The third-order valence-corrected chi connectivity index (χ3v) is 8.74. The second-order valence-corrected chi connectivity index (χ2v) is 11.1. The van der Waals surface area contributed by atoms with E-state index in [-0.39, 0.29) is 0 Å². The van der Waals surface area contributed by atoms with Crippen LogP contribution in [-0.2, 0) is 0 Å². The van der Waals surface area contributed by atoms with Crippen molar-refractivity contribution in [3.05, 3.63) is 152 Å². The van der Waals surface area contributed by atoms with Crippen LogP contribution in [-0.4, -0.2) is 4.98 Å². The van der Waals surface area contributed by atoms with Crippen molar-refractivity contribution in [2.24, 2.45) is 0 Å². The number of hydrogen-bond acceptors (Lipinski definition) is 2. The van der Waals surface area contributed by atoms with Crippen LogP contribution < -0.4 is 0 Å². The molecule has 0 saturated carbocycles. The van der Waals surface area contributed by atoms with Gasteiger partial charge in [0, 0.05) is 17.0 Å². The van der Waals surface area contributed by atoms with Crippen molar-refractivity contribution in [2.75, 3.05) is 0 Å². The van der Waals surface area contributed by atoms with E-state index in [0.29, 0.717) is 5.71 Å². The second-order valence-electron chi connectivity index (χ2n) is 11.1. The minimum atomic E-state index is 0.673. The summed E-state index contributed by atoms with van der Waals surface area (Å²) in [4.78, 5) is 4.41. The average molecular weight is 548 g/mol. The first kappa shape index (κ1) is 23.9. The average Bonchev–Trinajstić information content (AvgIpc) is 3.45. The topological polar surface area (TPSA) is 26.0 Å². The Bertz CT molecular complexity index is 2350. The molecule has 0 unspecified atom stereocenters. The van der Waals surface area contributed by atoms with Crippen LogP contribution in [0.3, 0.4) is 0 Å². The summed E-state index contributed by atoms with van der Waals surface area (Å²) in [7, 11) is 0. The lowest BCUT2D eigenvalue weighted by atomic mass is 9.78. The molecule has 2 aromatic heterocycles. The van der Waals surface area contributed by atoms with E-state index in [9.17, 15) is 0 Å². The maximum Gasteiger partial charge on any atom is 0.227 e. The van der Waals surface area contributed by atoms with Crippen LogP contribution in [0.25, 0.3) is 88.8 Å². The number of benzene rings is 6. The smallest absolute Gasteiger partial charge is 0.227 e. The Morgan fingerprint density at radius 2 is 0.930 bits per heavy atom. The monoisotopic (exact) mass is 547 g/mol. The van der Waals surface area contributed by atoms with E-state index >= 15 is 0 Å². The van der Waals surface area contributed by atoms with Gasteiger partial charge in [0.25, 0.3) is 0 Å². The first-order valence-electron chi connectivity index (χ1n) is 14.6. The van der Waals surface area contributed by atoms with E-state index in [0.717, 1.165) is 21.9 Å². The molecule has 0 bridgehead atoms. The highest BCUT2D eigenvalue weighted by Crippen LogP contribution is 2.50. The lowest BCUT2D eigenvalue weighted by molar-refractivity contribution is 0.654. The van der Waals surface area contributed by atoms with Crippen molar-refractivity contribution in [1.29, 1.82) is 0 Å². The number of nitrogens with zero attached hydrogens (tertiary/aromatic N) is 1. The zero-order valence-corrected chi connectivity index (χ0v) is 23.3. The molecule has 1 aliphatic carbocycles. The first-order valence-corrected chi connectivity index (χ1v) is 14.6. The summed E-state index contributed by atoms with van der Waals surface area (Å²) in [6.07, 6.45) is 1.77. The Hall–Kier alpha value is -5.73. The van der Waals surface area contributed by atoms with Gasteiger partial charge in [0.1, 0.15) is 5.58 Å². The highest BCUT2D eigenvalue weighted by Gasteiger charge is 2.23. The molecule has 8 aromatic rings. The van der Waals surface area contributed by atoms with Gasteiger partial charge in [-0.05, 0) is 97.1 Å². The molecule has 2 heterocycles. The molecule has 0 N–H and O–H groups in total. The fourth-order valence-corrected chi connectivity index (χ4v) is 6.81. The summed E-state index contributed by atoms with van der Waals surface area (Å²) in [5.41, 5.74) is 16.3. The number of fused-ring (bicyclic) bond motifs is 11. The van der Waals surface area contributed by atoms with E-state index in [1.807, 2.05) is 6.07 Å². The van der Waals surface area contributed by atoms with Gasteiger partial charge in [-0.3, -0.25) is 0 Å². The maximum atomic E-state index is 6.00. The zero-order valence-electron chi connectivity index (χ0n) is 23.3. The molecular formula is C41H25NO. The van der Waals surface area contributed by atoms with Gasteiger partial charge < -0.3 is 4.42 Å². The Morgan fingerprint density at radius 3 is 1.67 bits per heavy atom. The van der Waals surface area contributed by atoms with Gasteiger partial charge in [-0.2, -0.15) is 0 Å². The van der Waals surface area contributed by atoms with Crippen LogP contribution in [0.1, 0.15) is 0 Å². The molecule has 1 aliphatic rings. The largest absolute Gasteiger partial charge is 0.438 e. The standard InChI is InChI=1S/C41H25NO/c1-2-13-31-30(12-1)32-14-3-4-15-34(32)36-19-8-18-29(40(36)35-17-6-5-16-33(31)35)28-11-7-10-26(24-28)27-21-22-39-38(25-27)37-20-9-23-42-41(37)43-39/h1-25H. The van der Waals surface area contributed by atoms with Gasteiger partial charge >= 0.3 is 0 Å². The normalized spacial score (nSPS) is 11.7. The van der Waals surface area contributed by atoms with Gasteiger partial charge in [-0.25, -0.2) is 4.98 Å². The SMILES string of the molecule is c1cc(-c2ccc3oc4ncccc4c3c2)cc(-c2cccc3c2-c2ccccc2-c2ccccc2-c2ccccc2-3)c1. The van der Waals surface area contributed by atoms with Crippen LogP contribution in [0.4, 0.5) is 0 Å². The quantitative estimate of drug-likeness (QED) is 0.215. The van der Waals surface area contributed by atoms with E-state index in [4.69, 9.17) is 4.42 Å². The number of hydrogen-bond donors (Lipinski definition) is 0. The lowest BCUT2D eigenvalue weighted by Gasteiger charge is -2.25. The molecule has 2 heteroatoms. The third kappa shape index (κ3) is 3.70. The molecule has 0 fully saturated rings. The molecule has 0 saturated heterocycles. The predicted octanol–water partition coefficient (Wildman–Crippen LogP) is 11.3. The Kier molecular flexibility index (Phi) is 5.23. The highest BCUT2D eigenvalue weighted by atomic mass is 16.3. The summed E-state index contributed by atoms with van der Waals surface area (Å²) in [6, 6.07) is 52.6. The molecule has 200 valence electrons. The Morgan fingerprint density at radius 1 is 0.372 bits per heavy atom. The van der Waals surface area contributed by atoms with Crippen molar-refractivity contribution in [1.82, 2.24) is 4.98 Å². The maximum absolute atomic E-state index is 6.00. The van der Waals surface area contributed by atoms with Crippen molar-refractivity contribution >= 4 is 22.1 Å². The van der Waals surface area contributed by atoms with Crippen LogP contribution in [0.2, 0.25) is 0 Å². The van der Waals surface area contributed by atoms with E-state index in [1.165, 1.54) is 61.2 Å². The molecule has 6 aromatic carbocycles. The zero-order chi connectivity index (χ0) is 28.3. The predicted molar refractivity (Wildman–Crippen MR) is 178 cm³/mol. The molecule has 0 spiro atoms. The van der Waals surface area contributed by atoms with Gasteiger partial charge in [-0.1, -0.05) is 115 Å². The van der Waals surface area contributed by atoms with Crippen LogP contribution in [0.15, 0.2) is 156 Å². The molecule has 0 atom stereocenters. The van der Waals surface area contributed by atoms with Crippen molar-refractivity contribution in [3.8, 4) is 66.8 Å². The fourth-order valence-electron chi connectivity index (χ4n) is 6.81. The molecule has 0 aliphatic heterocycles. The first-order chi connectivity index (χ1) is 21.3. The second kappa shape index (κ2) is 9.40. The third-order valence-electron chi connectivity index (χ3n) is 8.74. The molecule has 0 amide bonds. The summed E-state index contributed by atoms with van der Waals surface area (Å²) in [6.45, 7) is 0. The summed E-state index contributed by atoms with van der Waals surface area (Å²) in [5, 5.41) is 2.12. The summed E-state index contributed by atoms with van der Waals surface area (Å²) in [5.74, 6) is 0. The van der Waals surface area contributed by atoms with E-state index < -0.39 is 0 Å². The number of rotatable bonds is 2. The number of furan rings is 1. The Labute approximate surface area is 249 Å².